The van der Waals surface area contributed by atoms with E-state index in [0.29, 0.717) is 5.69 Å². The number of rotatable bonds is 4. The molecule has 0 bridgehead atoms. The van der Waals surface area contributed by atoms with Crippen LogP contribution in [0.4, 0.5) is 16.2 Å². The first-order valence-electron chi connectivity index (χ1n) is 8.12. The molecule has 2 heterocycles. The van der Waals surface area contributed by atoms with Crippen molar-refractivity contribution in [3.05, 3.63) is 42.2 Å². The van der Waals surface area contributed by atoms with Crippen LogP contribution < -0.4 is 10.6 Å². The number of anilines is 2. The van der Waals surface area contributed by atoms with Crippen molar-refractivity contribution in [1.82, 2.24) is 15.1 Å². The number of morpholine rings is 1. The summed E-state index contributed by atoms with van der Waals surface area (Å²) in [6.07, 6.45) is 3.63. The third-order valence-electron chi connectivity index (χ3n) is 3.91. The van der Waals surface area contributed by atoms with Crippen molar-refractivity contribution in [2.24, 2.45) is 0 Å². The maximum atomic E-state index is 12.1. The number of nitrogens with zero attached hydrogens (tertiary/aromatic N) is 2. The van der Waals surface area contributed by atoms with Crippen molar-refractivity contribution < 1.29 is 9.53 Å². The lowest BCUT2D eigenvalue weighted by atomic mass is 10.1. The van der Waals surface area contributed by atoms with Gasteiger partial charge in [0.05, 0.1) is 24.1 Å². The second-order valence-corrected chi connectivity index (χ2v) is 6.17. The highest BCUT2D eigenvalue weighted by molar-refractivity contribution is 6.00. The molecule has 2 aromatic rings. The van der Waals surface area contributed by atoms with E-state index in [0.717, 1.165) is 30.9 Å². The van der Waals surface area contributed by atoms with Crippen LogP contribution in [0.15, 0.2) is 36.7 Å². The number of para-hydroxylation sites is 1. The van der Waals surface area contributed by atoms with E-state index >= 15 is 0 Å². The highest BCUT2D eigenvalue weighted by atomic mass is 16.5. The van der Waals surface area contributed by atoms with Gasteiger partial charge in [-0.1, -0.05) is 18.2 Å². The number of hydrogen-bond donors (Lipinski definition) is 3. The third kappa shape index (κ3) is 4.33. The molecule has 0 aliphatic carbocycles. The lowest BCUT2D eigenvalue weighted by Gasteiger charge is -2.35. The predicted molar refractivity (Wildman–Crippen MR) is 93.0 cm³/mol. The van der Waals surface area contributed by atoms with Gasteiger partial charge in [-0.05, 0) is 25.5 Å². The normalized spacial score (nSPS) is 21.4. The topological polar surface area (TPSA) is 82.3 Å². The second kappa shape index (κ2) is 7.46. The van der Waals surface area contributed by atoms with E-state index in [2.05, 4.69) is 39.6 Å². The molecule has 0 radical (unpaired) electrons. The van der Waals surface area contributed by atoms with Crippen LogP contribution in [0, 0.1) is 0 Å². The molecule has 128 valence electrons. The molecule has 24 heavy (non-hydrogen) atoms. The van der Waals surface area contributed by atoms with Gasteiger partial charge >= 0.3 is 6.03 Å². The number of urea groups is 1. The van der Waals surface area contributed by atoms with Gasteiger partial charge in [0.1, 0.15) is 0 Å². The highest BCUT2D eigenvalue weighted by Gasteiger charge is 2.22. The summed E-state index contributed by atoms with van der Waals surface area (Å²) in [4.78, 5) is 14.5. The van der Waals surface area contributed by atoms with Crippen molar-refractivity contribution >= 4 is 17.4 Å². The molecule has 1 aliphatic heterocycles. The van der Waals surface area contributed by atoms with Gasteiger partial charge in [-0.25, -0.2) is 4.79 Å². The van der Waals surface area contributed by atoms with E-state index in [9.17, 15) is 4.79 Å². The molecule has 2 amide bonds. The van der Waals surface area contributed by atoms with Crippen molar-refractivity contribution in [3.8, 4) is 0 Å². The smallest absolute Gasteiger partial charge is 0.323 e. The van der Waals surface area contributed by atoms with Gasteiger partial charge in [0, 0.05) is 31.5 Å². The monoisotopic (exact) mass is 329 g/mol. The van der Waals surface area contributed by atoms with Crippen molar-refractivity contribution in [3.63, 3.8) is 0 Å². The Kier molecular flexibility index (Phi) is 5.12. The van der Waals surface area contributed by atoms with Gasteiger partial charge in [-0.3, -0.25) is 10.00 Å². The van der Waals surface area contributed by atoms with E-state index in [-0.39, 0.29) is 18.2 Å². The average molecular weight is 329 g/mol. The molecule has 0 unspecified atom stereocenters. The molecule has 0 saturated carbocycles. The second-order valence-electron chi connectivity index (χ2n) is 6.17. The average Bonchev–Trinajstić information content (AvgIpc) is 3.01. The first-order valence-corrected chi connectivity index (χ1v) is 8.12. The maximum absolute atomic E-state index is 12.1. The van der Waals surface area contributed by atoms with Crippen LogP contribution in [-0.4, -0.2) is 46.4 Å². The van der Waals surface area contributed by atoms with Crippen LogP contribution in [0.2, 0.25) is 0 Å². The summed E-state index contributed by atoms with van der Waals surface area (Å²) >= 11 is 0. The number of carbonyl (C=O) groups is 1. The zero-order valence-corrected chi connectivity index (χ0v) is 14.0. The predicted octanol–water partition coefficient (Wildman–Crippen LogP) is 2.66. The Balaban J connectivity index is 1.65. The van der Waals surface area contributed by atoms with Gasteiger partial charge in [0.25, 0.3) is 0 Å². The molecule has 1 saturated heterocycles. The molecule has 1 aromatic carbocycles. The molecule has 0 spiro atoms. The standard InChI is InChI=1S/C17H23N5O2/c1-12-9-22(10-13(2)24-12)11-14-5-3-4-6-16(14)21-17(23)20-15-7-18-19-8-15/h3-8,12-13H,9-11H2,1-2H3,(H,18,19)(H2,20,21,23)/t12-,13-/m1/s1. The largest absolute Gasteiger partial charge is 0.373 e. The Morgan fingerprint density at radius 2 is 2.04 bits per heavy atom. The zero-order chi connectivity index (χ0) is 16.9. The molecule has 3 N–H and O–H groups in total. The fourth-order valence-electron chi connectivity index (χ4n) is 3.04. The number of aromatic amines is 1. The summed E-state index contributed by atoms with van der Waals surface area (Å²) in [7, 11) is 0. The van der Waals surface area contributed by atoms with Gasteiger partial charge in [0.2, 0.25) is 0 Å². The Hall–Kier alpha value is -2.38. The van der Waals surface area contributed by atoms with Gasteiger partial charge in [-0.2, -0.15) is 5.10 Å². The van der Waals surface area contributed by atoms with Crippen molar-refractivity contribution in [2.75, 3.05) is 23.7 Å². The summed E-state index contributed by atoms with van der Waals surface area (Å²) in [5.74, 6) is 0. The fourth-order valence-corrected chi connectivity index (χ4v) is 3.04. The molecule has 7 heteroatoms. The van der Waals surface area contributed by atoms with E-state index in [1.165, 1.54) is 0 Å². The van der Waals surface area contributed by atoms with Crippen LogP contribution in [-0.2, 0) is 11.3 Å². The third-order valence-corrected chi connectivity index (χ3v) is 3.91. The molecule has 1 fully saturated rings. The SMILES string of the molecule is C[C@@H]1CN(Cc2ccccc2NC(=O)Nc2cn[nH]c2)C[C@@H](C)O1. The lowest BCUT2D eigenvalue weighted by Crippen LogP contribution is -2.44. The van der Waals surface area contributed by atoms with E-state index in [1.807, 2.05) is 24.3 Å². The summed E-state index contributed by atoms with van der Waals surface area (Å²) < 4.78 is 5.78. The number of H-pyrrole nitrogens is 1. The molecular formula is C17H23N5O2. The van der Waals surface area contributed by atoms with E-state index < -0.39 is 0 Å². The number of hydrogen-bond acceptors (Lipinski definition) is 4. The molecule has 1 aromatic heterocycles. The molecular weight excluding hydrogens is 306 g/mol. The first kappa shape index (κ1) is 16.5. The van der Waals surface area contributed by atoms with Gasteiger partial charge in [-0.15, -0.1) is 0 Å². The summed E-state index contributed by atoms with van der Waals surface area (Å²) in [5, 5.41) is 12.1. The van der Waals surface area contributed by atoms with Gasteiger partial charge in [0.15, 0.2) is 0 Å². The van der Waals surface area contributed by atoms with Gasteiger partial charge < -0.3 is 15.4 Å². The molecule has 3 rings (SSSR count). The minimum atomic E-state index is -0.285. The molecule has 7 nitrogen and oxygen atoms in total. The van der Waals surface area contributed by atoms with Crippen LogP contribution in [0.5, 0.6) is 0 Å². The number of benzene rings is 1. The number of carbonyl (C=O) groups excluding carboxylic acids is 1. The molecule has 1 aliphatic rings. The highest BCUT2D eigenvalue weighted by Crippen LogP contribution is 2.20. The molecule has 2 atom stereocenters. The van der Waals surface area contributed by atoms with Crippen molar-refractivity contribution in [1.29, 1.82) is 0 Å². The summed E-state index contributed by atoms with van der Waals surface area (Å²) in [5.41, 5.74) is 2.52. The minimum Gasteiger partial charge on any atom is -0.373 e. The fraction of sp³-hybridized carbons (Fsp3) is 0.412. The quantitative estimate of drug-likeness (QED) is 0.805. The minimum absolute atomic E-state index is 0.221. The van der Waals surface area contributed by atoms with Crippen molar-refractivity contribution in [2.45, 2.75) is 32.6 Å². The maximum Gasteiger partial charge on any atom is 0.323 e. The first-order chi connectivity index (χ1) is 11.6. The lowest BCUT2D eigenvalue weighted by molar-refractivity contribution is -0.0704. The van der Waals surface area contributed by atoms with Crippen LogP contribution in [0.3, 0.4) is 0 Å². The summed E-state index contributed by atoms with van der Waals surface area (Å²) in [6.45, 7) is 6.73. The van der Waals surface area contributed by atoms with Crippen LogP contribution in [0.25, 0.3) is 0 Å². The number of nitrogens with one attached hydrogen (secondary N) is 3. The Morgan fingerprint density at radius 1 is 1.29 bits per heavy atom. The number of ether oxygens (including phenoxy) is 1. The number of amides is 2. The Labute approximate surface area is 141 Å². The van der Waals surface area contributed by atoms with E-state index in [4.69, 9.17) is 4.74 Å². The Morgan fingerprint density at radius 3 is 2.75 bits per heavy atom. The number of aromatic nitrogens is 2. The van der Waals surface area contributed by atoms with Crippen LogP contribution in [0.1, 0.15) is 19.4 Å². The van der Waals surface area contributed by atoms with E-state index in [1.54, 1.807) is 12.4 Å². The summed E-state index contributed by atoms with van der Waals surface area (Å²) in [6, 6.07) is 7.58. The van der Waals surface area contributed by atoms with Crippen LogP contribution >= 0.6 is 0 Å². The Bertz CT molecular complexity index is 663. The zero-order valence-electron chi connectivity index (χ0n) is 14.0.